The van der Waals surface area contributed by atoms with Crippen LogP contribution in [0, 0.1) is 0 Å². The van der Waals surface area contributed by atoms with Crippen LogP contribution in [0.4, 0.5) is 4.79 Å². The average Bonchev–Trinajstić information content (AvgIpc) is 2.24. The van der Waals surface area contributed by atoms with Crippen molar-refractivity contribution >= 4 is 23.8 Å². The Balaban J connectivity index is 4.09. The lowest BCUT2D eigenvalue weighted by Gasteiger charge is -2.18. The summed E-state index contributed by atoms with van der Waals surface area (Å²) in [6.45, 7) is 1.31. The van der Waals surface area contributed by atoms with Crippen molar-refractivity contribution in [1.82, 2.24) is 10.6 Å². The Morgan fingerprint density at radius 3 is 2.38 bits per heavy atom. The zero-order valence-corrected chi connectivity index (χ0v) is 10.2. The van der Waals surface area contributed by atoms with Gasteiger partial charge in [-0.1, -0.05) is 6.92 Å². The highest BCUT2D eigenvalue weighted by Gasteiger charge is 2.19. The minimum absolute atomic E-state index is 0.00291. The van der Waals surface area contributed by atoms with Gasteiger partial charge in [0.2, 0.25) is 0 Å². The van der Waals surface area contributed by atoms with Gasteiger partial charge in [0, 0.05) is 11.8 Å². The number of carboxylic acid groups (broad SMARTS) is 1. The number of aliphatic hydroxyl groups is 1. The number of nitrogens with one attached hydrogen (secondary N) is 2. The maximum absolute atomic E-state index is 11.4. The van der Waals surface area contributed by atoms with Crippen molar-refractivity contribution in [3.8, 4) is 0 Å². The van der Waals surface area contributed by atoms with E-state index in [1.54, 1.807) is 11.8 Å². The maximum atomic E-state index is 11.4. The van der Waals surface area contributed by atoms with Crippen molar-refractivity contribution in [2.24, 2.45) is 0 Å². The molecule has 0 aromatic rings. The van der Waals surface area contributed by atoms with E-state index in [4.69, 9.17) is 10.2 Å². The van der Waals surface area contributed by atoms with E-state index < -0.39 is 24.6 Å². The molecule has 0 aromatic carbocycles. The monoisotopic (exact) mass is 250 g/mol. The summed E-state index contributed by atoms with van der Waals surface area (Å²) >= 11 is 1.60. The van der Waals surface area contributed by atoms with E-state index in [-0.39, 0.29) is 6.04 Å². The van der Waals surface area contributed by atoms with E-state index in [0.29, 0.717) is 0 Å². The summed E-state index contributed by atoms with van der Waals surface area (Å²) in [5.41, 5.74) is 0. The van der Waals surface area contributed by atoms with Gasteiger partial charge in [-0.25, -0.2) is 9.59 Å². The molecule has 0 bridgehead atoms. The van der Waals surface area contributed by atoms with Crippen molar-refractivity contribution in [3.05, 3.63) is 0 Å². The van der Waals surface area contributed by atoms with Gasteiger partial charge in [0.25, 0.3) is 0 Å². The van der Waals surface area contributed by atoms with Crippen LogP contribution in [0.3, 0.4) is 0 Å². The van der Waals surface area contributed by atoms with Crippen LogP contribution in [-0.4, -0.2) is 52.9 Å². The molecule has 94 valence electrons. The maximum Gasteiger partial charge on any atom is 0.328 e. The highest BCUT2D eigenvalue weighted by atomic mass is 32.2. The fourth-order valence-corrected chi connectivity index (χ4v) is 1.75. The number of carbonyl (C=O) groups excluding carboxylic acids is 1. The number of amides is 2. The topological polar surface area (TPSA) is 98.7 Å². The largest absolute Gasteiger partial charge is 0.480 e. The molecule has 0 saturated carbocycles. The van der Waals surface area contributed by atoms with Gasteiger partial charge in [0.05, 0.1) is 6.61 Å². The average molecular weight is 250 g/mol. The molecule has 0 fully saturated rings. The number of urea groups is 1. The Morgan fingerprint density at radius 1 is 1.38 bits per heavy atom. The van der Waals surface area contributed by atoms with Gasteiger partial charge in [0.1, 0.15) is 0 Å². The molecule has 0 radical (unpaired) electrons. The third kappa shape index (κ3) is 5.82. The number of hydrogen-bond donors (Lipinski definition) is 4. The van der Waals surface area contributed by atoms with E-state index in [1.165, 1.54) is 0 Å². The Kier molecular flexibility index (Phi) is 7.74. The first-order valence-electron chi connectivity index (χ1n) is 4.94. The smallest absolute Gasteiger partial charge is 0.328 e. The van der Waals surface area contributed by atoms with Gasteiger partial charge in [-0.2, -0.15) is 11.8 Å². The van der Waals surface area contributed by atoms with E-state index in [1.807, 2.05) is 13.2 Å². The molecule has 4 N–H and O–H groups in total. The van der Waals surface area contributed by atoms with E-state index in [0.717, 1.165) is 12.2 Å². The molecule has 16 heavy (non-hydrogen) atoms. The number of carboxylic acids is 1. The molecule has 0 spiro atoms. The third-order valence-electron chi connectivity index (χ3n) is 1.98. The second kappa shape index (κ2) is 8.23. The van der Waals surface area contributed by atoms with E-state index >= 15 is 0 Å². The molecule has 0 saturated heterocycles. The van der Waals surface area contributed by atoms with Crippen LogP contribution >= 0.6 is 11.8 Å². The van der Waals surface area contributed by atoms with Gasteiger partial charge >= 0.3 is 12.0 Å². The Hall–Kier alpha value is -0.950. The summed E-state index contributed by atoms with van der Waals surface area (Å²) in [4.78, 5) is 21.9. The lowest BCUT2D eigenvalue weighted by Crippen LogP contribution is -2.50. The Labute approximate surface area is 98.8 Å². The van der Waals surface area contributed by atoms with Gasteiger partial charge < -0.3 is 20.8 Å². The first kappa shape index (κ1) is 15.0. The second-order valence-corrected chi connectivity index (χ2v) is 4.16. The van der Waals surface area contributed by atoms with Crippen LogP contribution in [0.25, 0.3) is 0 Å². The van der Waals surface area contributed by atoms with Crippen LogP contribution in [0.1, 0.15) is 13.3 Å². The van der Waals surface area contributed by atoms with Gasteiger partial charge in [-0.3, -0.25) is 0 Å². The predicted molar refractivity (Wildman–Crippen MR) is 62.6 cm³/mol. The van der Waals surface area contributed by atoms with Crippen molar-refractivity contribution < 1.29 is 19.8 Å². The summed E-state index contributed by atoms with van der Waals surface area (Å²) in [7, 11) is 0. The fraction of sp³-hybridized carbons (Fsp3) is 0.778. The quantitative estimate of drug-likeness (QED) is 0.504. The number of thioether (sulfide) groups is 1. The molecule has 2 amide bonds. The Bertz CT molecular complexity index is 238. The summed E-state index contributed by atoms with van der Waals surface area (Å²) in [6.07, 6.45) is 2.70. The number of aliphatic carboxylic acids is 1. The number of carbonyl (C=O) groups is 2. The highest BCUT2D eigenvalue weighted by Crippen LogP contribution is 2.00. The second-order valence-electron chi connectivity index (χ2n) is 3.25. The fourth-order valence-electron chi connectivity index (χ4n) is 1.03. The zero-order valence-electron chi connectivity index (χ0n) is 9.40. The van der Waals surface area contributed by atoms with Crippen molar-refractivity contribution in [2.45, 2.75) is 25.4 Å². The van der Waals surface area contributed by atoms with Gasteiger partial charge in [-0.05, 0) is 12.7 Å². The minimum Gasteiger partial charge on any atom is -0.480 e. The van der Waals surface area contributed by atoms with Crippen molar-refractivity contribution in [1.29, 1.82) is 0 Å². The standard InChI is InChI=1S/C9H18N2O4S/c1-3-6(5-16-2)10-9(15)11-7(4-12)8(13)14/h6-7,12H,3-5H2,1-2H3,(H,13,14)(H2,10,11,15)/t6?,7-/m0/s1. The summed E-state index contributed by atoms with van der Waals surface area (Å²) < 4.78 is 0. The van der Waals surface area contributed by atoms with E-state index in [9.17, 15) is 9.59 Å². The lowest BCUT2D eigenvalue weighted by atomic mass is 10.2. The minimum atomic E-state index is -1.26. The van der Waals surface area contributed by atoms with Crippen LogP contribution < -0.4 is 10.6 Å². The first-order chi connectivity index (χ1) is 7.54. The molecule has 0 aliphatic rings. The van der Waals surface area contributed by atoms with Crippen molar-refractivity contribution in [3.63, 3.8) is 0 Å². The molecule has 0 aliphatic heterocycles. The van der Waals surface area contributed by atoms with Crippen LogP contribution in [-0.2, 0) is 4.79 Å². The van der Waals surface area contributed by atoms with Crippen LogP contribution in [0.2, 0.25) is 0 Å². The van der Waals surface area contributed by atoms with Gasteiger partial charge in [0.15, 0.2) is 6.04 Å². The molecule has 0 rings (SSSR count). The number of rotatable bonds is 7. The zero-order chi connectivity index (χ0) is 12.6. The predicted octanol–water partition coefficient (Wildman–Crippen LogP) is -0.127. The number of aliphatic hydroxyl groups excluding tert-OH is 1. The summed E-state index contributed by atoms with van der Waals surface area (Å²) in [5.74, 6) is -0.489. The third-order valence-corrected chi connectivity index (χ3v) is 2.72. The molecule has 6 nitrogen and oxygen atoms in total. The SMILES string of the molecule is CCC(CSC)NC(=O)N[C@@H](CO)C(=O)O. The van der Waals surface area contributed by atoms with Crippen LogP contribution in [0.5, 0.6) is 0 Å². The molecular formula is C9H18N2O4S. The van der Waals surface area contributed by atoms with Gasteiger partial charge in [-0.15, -0.1) is 0 Å². The van der Waals surface area contributed by atoms with Crippen molar-refractivity contribution in [2.75, 3.05) is 18.6 Å². The first-order valence-corrected chi connectivity index (χ1v) is 6.34. The molecule has 0 heterocycles. The molecule has 0 aromatic heterocycles. The summed E-state index contributed by atoms with van der Waals surface area (Å²) in [5, 5.41) is 22.1. The summed E-state index contributed by atoms with van der Waals surface area (Å²) in [6, 6.07) is -1.82. The highest BCUT2D eigenvalue weighted by molar-refractivity contribution is 7.98. The molecule has 7 heteroatoms. The number of hydrogen-bond acceptors (Lipinski definition) is 4. The molecule has 2 atom stereocenters. The Morgan fingerprint density at radius 2 is 2.00 bits per heavy atom. The molecule has 1 unspecified atom stereocenters. The van der Waals surface area contributed by atoms with Crippen LogP contribution in [0.15, 0.2) is 0 Å². The van der Waals surface area contributed by atoms with E-state index in [2.05, 4.69) is 10.6 Å². The lowest BCUT2D eigenvalue weighted by molar-refractivity contribution is -0.140. The molecule has 0 aliphatic carbocycles. The normalized spacial score (nSPS) is 13.9. The molecular weight excluding hydrogens is 232 g/mol.